The van der Waals surface area contributed by atoms with Gasteiger partial charge in [-0.25, -0.2) is 9.97 Å². The summed E-state index contributed by atoms with van der Waals surface area (Å²) < 4.78 is 0. The highest BCUT2D eigenvalue weighted by atomic mass is 14.9. The topological polar surface area (TPSA) is 25.8 Å². The smallest absolute Gasteiger partial charge is 0.160 e. The highest BCUT2D eigenvalue weighted by Crippen LogP contribution is 2.31. The fourth-order valence-corrected chi connectivity index (χ4v) is 3.51. The highest BCUT2D eigenvalue weighted by molar-refractivity contribution is 5.96. The number of rotatable bonds is 3. The van der Waals surface area contributed by atoms with Gasteiger partial charge in [-0.3, -0.25) is 0 Å². The van der Waals surface area contributed by atoms with Gasteiger partial charge in [0, 0.05) is 16.7 Å². The Labute approximate surface area is 177 Å². The molecule has 2 heteroatoms. The molecule has 0 spiro atoms. The molecule has 0 saturated carbocycles. The summed E-state index contributed by atoms with van der Waals surface area (Å²) in [5.41, 5.74) is 5.09. The minimum absolute atomic E-state index is 0.741. The van der Waals surface area contributed by atoms with Gasteiger partial charge in [0.05, 0.1) is 11.4 Å². The average Bonchev–Trinajstić information content (AvgIpc) is 2.86. The second-order valence-electron chi connectivity index (χ2n) is 6.72. The lowest BCUT2D eigenvalue weighted by Gasteiger charge is -2.11. The number of aromatic nitrogens is 2. The summed E-state index contributed by atoms with van der Waals surface area (Å²) >= 11 is 0. The predicted octanol–water partition coefficient (Wildman–Crippen LogP) is 7.66. The van der Waals surface area contributed by atoms with Gasteiger partial charge in [-0.2, -0.15) is 0 Å². The van der Waals surface area contributed by atoms with Crippen LogP contribution in [-0.4, -0.2) is 9.97 Å². The molecule has 0 amide bonds. The summed E-state index contributed by atoms with van der Waals surface area (Å²) in [4.78, 5) is 9.81. The van der Waals surface area contributed by atoms with Crippen LogP contribution < -0.4 is 0 Å². The number of nitrogens with zero attached hydrogens (tertiary/aromatic N) is 2. The Morgan fingerprint density at radius 3 is 1.80 bits per heavy atom. The first-order valence-electron chi connectivity index (χ1n) is 10.4. The van der Waals surface area contributed by atoms with Crippen LogP contribution in [-0.2, 0) is 0 Å². The zero-order valence-corrected chi connectivity index (χ0v) is 17.3. The lowest BCUT2D eigenvalue weighted by molar-refractivity contribution is 1.18. The molecule has 0 aliphatic rings. The molecular formula is C28H24N2. The van der Waals surface area contributed by atoms with Crippen molar-refractivity contribution in [2.75, 3.05) is 0 Å². The first-order valence-corrected chi connectivity index (χ1v) is 10.4. The molecule has 0 fully saturated rings. The normalized spacial score (nSPS) is 10.3. The van der Waals surface area contributed by atoms with E-state index in [4.69, 9.17) is 9.97 Å². The molecule has 146 valence electrons. The summed E-state index contributed by atoms with van der Waals surface area (Å²) in [6.45, 7) is 4.00. The molecule has 4 aromatic carbocycles. The van der Waals surface area contributed by atoms with Gasteiger partial charge in [0.1, 0.15) is 0 Å². The largest absolute Gasteiger partial charge is 0.228 e. The Bertz CT molecular complexity index is 1180. The molecule has 2 nitrogen and oxygen atoms in total. The molecule has 0 unspecified atom stereocenters. The van der Waals surface area contributed by atoms with Crippen LogP contribution in [0, 0.1) is 0 Å². The van der Waals surface area contributed by atoms with Crippen molar-refractivity contribution in [3.8, 4) is 33.9 Å². The maximum Gasteiger partial charge on any atom is 0.160 e. The van der Waals surface area contributed by atoms with E-state index in [2.05, 4.69) is 72.8 Å². The van der Waals surface area contributed by atoms with Crippen molar-refractivity contribution >= 4 is 10.8 Å². The van der Waals surface area contributed by atoms with Gasteiger partial charge in [-0.05, 0) is 16.8 Å². The lowest BCUT2D eigenvalue weighted by atomic mass is 10.0. The van der Waals surface area contributed by atoms with Crippen molar-refractivity contribution in [3.63, 3.8) is 0 Å². The van der Waals surface area contributed by atoms with Crippen molar-refractivity contribution in [1.29, 1.82) is 0 Å². The van der Waals surface area contributed by atoms with Crippen LogP contribution in [0.3, 0.4) is 0 Å². The van der Waals surface area contributed by atoms with Crippen LogP contribution in [0.2, 0.25) is 0 Å². The van der Waals surface area contributed by atoms with Gasteiger partial charge in [0.25, 0.3) is 0 Å². The molecule has 0 radical (unpaired) electrons. The number of fused-ring (bicyclic) bond motifs is 1. The Morgan fingerprint density at radius 1 is 0.500 bits per heavy atom. The van der Waals surface area contributed by atoms with E-state index >= 15 is 0 Å². The standard InChI is InChI=1S/C26H18N2.C2H6/c1-3-11-20(12-4-1)24-18-25(28-26(27-24)21-13-5-2-6-14-21)23-17-9-15-19-10-7-8-16-22(19)23;1-2/h1-18H;1-2H3. The minimum atomic E-state index is 0.741. The van der Waals surface area contributed by atoms with Crippen LogP contribution in [0.1, 0.15) is 13.8 Å². The third kappa shape index (κ3) is 3.99. The third-order valence-electron chi connectivity index (χ3n) is 4.89. The number of hydrogen-bond donors (Lipinski definition) is 0. The van der Waals surface area contributed by atoms with Crippen LogP contribution in [0.4, 0.5) is 0 Å². The molecule has 5 rings (SSSR count). The van der Waals surface area contributed by atoms with Crippen molar-refractivity contribution in [3.05, 3.63) is 109 Å². The second kappa shape index (κ2) is 9.15. The molecule has 5 aromatic rings. The Kier molecular flexibility index (Phi) is 5.95. The van der Waals surface area contributed by atoms with Crippen LogP contribution >= 0.6 is 0 Å². The van der Waals surface area contributed by atoms with Gasteiger partial charge in [-0.1, -0.05) is 117 Å². The van der Waals surface area contributed by atoms with Crippen molar-refractivity contribution in [2.45, 2.75) is 13.8 Å². The maximum atomic E-state index is 4.94. The monoisotopic (exact) mass is 388 g/mol. The van der Waals surface area contributed by atoms with Crippen LogP contribution in [0.15, 0.2) is 109 Å². The Balaban J connectivity index is 0.00000106. The van der Waals surface area contributed by atoms with E-state index in [1.807, 2.05) is 50.2 Å². The minimum Gasteiger partial charge on any atom is -0.228 e. The molecule has 0 bridgehead atoms. The molecular weight excluding hydrogens is 364 g/mol. The third-order valence-corrected chi connectivity index (χ3v) is 4.89. The Morgan fingerprint density at radius 2 is 1.07 bits per heavy atom. The molecule has 1 aromatic heterocycles. The zero-order valence-electron chi connectivity index (χ0n) is 17.3. The molecule has 0 saturated heterocycles. The van der Waals surface area contributed by atoms with E-state index in [1.165, 1.54) is 10.8 Å². The molecule has 30 heavy (non-hydrogen) atoms. The SMILES string of the molecule is CC.c1ccc(-c2cc(-c3cccc4ccccc34)nc(-c3ccccc3)n2)cc1. The fraction of sp³-hybridized carbons (Fsp3) is 0.0714. The fourth-order valence-electron chi connectivity index (χ4n) is 3.51. The van der Waals surface area contributed by atoms with E-state index < -0.39 is 0 Å². The summed E-state index contributed by atoms with van der Waals surface area (Å²) in [7, 11) is 0. The van der Waals surface area contributed by atoms with E-state index in [0.717, 1.165) is 33.9 Å². The number of benzene rings is 4. The molecule has 1 heterocycles. The van der Waals surface area contributed by atoms with Gasteiger partial charge >= 0.3 is 0 Å². The van der Waals surface area contributed by atoms with Crippen molar-refractivity contribution in [2.24, 2.45) is 0 Å². The Hall–Kier alpha value is -3.78. The summed E-state index contributed by atoms with van der Waals surface area (Å²) in [6, 6.07) is 37.3. The second-order valence-corrected chi connectivity index (χ2v) is 6.72. The van der Waals surface area contributed by atoms with Crippen LogP contribution in [0.5, 0.6) is 0 Å². The van der Waals surface area contributed by atoms with Crippen LogP contribution in [0.25, 0.3) is 44.7 Å². The molecule has 0 atom stereocenters. The predicted molar refractivity (Wildman–Crippen MR) is 127 cm³/mol. The van der Waals surface area contributed by atoms with E-state index in [9.17, 15) is 0 Å². The average molecular weight is 389 g/mol. The van der Waals surface area contributed by atoms with E-state index in [-0.39, 0.29) is 0 Å². The zero-order chi connectivity index (χ0) is 20.8. The van der Waals surface area contributed by atoms with E-state index in [1.54, 1.807) is 0 Å². The molecule has 0 N–H and O–H groups in total. The maximum absolute atomic E-state index is 4.94. The summed E-state index contributed by atoms with van der Waals surface area (Å²) in [6.07, 6.45) is 0. The lowest BCUT2D eigenvalue weighted by Crippen LogP contribution is -1.96. The van der Waals surface area contributed by atoms with Gasteiger partial charge in [-0.15, -0.1) is 0 Å². The molecule has 0 aliphatic carbocycles. The van der Waals surface area contributed by atoms with Gasteiger partial charge < -0.3 is 0 Å². The quantitative estimate of drug-likeness (QED) is 0.317. The summed E-state index contributed by atoms with van der Waals surface area (Å²) in [5, 5.41) is 2.41. The molecule has 0 aliphatic heterocycles. The van der Waals surface area contributed by atoms with E-state index in [0.29, 0.717) is 0 Å². The van der Waals surface area contributed by atoms with Crippen molar-refractivity contribution < 1.29 is 0 Å². The highest BCUT2D eigenvalue weighted by Gasteiger charge is 2.12. The first-order chi connectivity index (χ1) is 14.9. The summed E-state index contributed by atoms with van der Waals surface area (Å²) in [5.74, 6) is 0.741. The number of hydrogen-bond acceptors (Lipinski definition) is 2. The van der Waals surface area contributed by atoms with Gasteiger partial charge in [0.15, 0.2) is 5.82 Å². The van der Waals surface area contributed by atoms with Crippen molar-refractivity contribution in [1.82, 2.24) is 9.97 Å². The van der Waals surface area contributed by atoms with Gasteiger partial charge in [0.2, 0.25) is 0 Å². The first kappa shape index (κ1) is 19.5.